The zero-order valence-electron chi connectivity index (χ0n) is 11.6. The first-order valence-corrected chi connectivity index (χ1v) is 6.59. The molecule has 0 aliphatic rings. The Labute approximate surface area is 128 Å². The Morgan fingerprint density at radius 1 is 1.26 bits per heavy atom. The Bertz CT molecular complexity index is 980. The lowest BCUT2D eigenvalue weighted by atomic mass is 10.3. The minimum atomic E-state index is -0.545. The molecule has 0 aliphatic heterocycles. The number of nitrogens with zero attached hydrogens (tertiary/aromatic N) is 7. The molecule has 4 aromatic rings. The summed E-state index contributed by atoms with van der Waals surface area (Å²) in [6.45, 7) is 0.289. The molecule has 0 atom stereocenters. The van der Waals surface area contributed by atoms with E-state index in [2.05, 4.69) is 35.1 Å². The second-order valence-corrected chi connectivity index (χ2v) is 4.72. The molecule has 0 fully saturated rings. The van der Waals surface area contributed by atoms with Crippen LogP contribution < -0.4 is 5.73 Å². The number of pyridine rings is 1. The third kappa shape index (κ3) is 2.16. The third-order valence-electron chi connectivity index (χ3n) is 3.29. The van der Waals surface area contributed by atoms with Crippen molar-refractivity contribution in [3.05, 3.63) is 42.2 Å². The number of rotatable bonds is 3. The van der Waals surface area contributed by atoms with Gasteiger partial charge in [0.2, 0.25) is 0 Å². The lowest BCUT2D eigenvalue weighted by Gasteiger charge is -2.06. The van der Waals surface area contributed by atoms with E-state index in [4.69, 9.17) is 5.73 Å². The molecule has 0 unspecified atom stereocenters. The van der Waals surface area contributed by atoms with E-state index < -0.39 is 5.82 Å². The number of halogens is 1. The van der Waals surface area contributed by atoms with E-state index in [1.807, 2.05) is 0 Å². The van der Waals surface area contributed by atoms with Gasteiger partial charge in [-0.15, -0.1) is 0 Å². The molecule has 10 heteroatoms. The number of nitrogens with two attached hydrogens (primary N) is 1. The molecule has 114 valence electrons. The summed E-state index contributed by atoms with van der Waals surface area (Å²) in [6.07, 6.45) is 4.17. The van der Waals surface area contributed by atoms with E-state index in [0.717, 1.165) is 6.20 Å². The van der Waals surface area contributed by atoms with Crippen molar-refractivity contribution in [3.8, 4) is 11.5 Å². The molecule has 2 N–H and O–H groups in total. The summed E-state index contributed by atoms with van der Waals surface area (Å²) in [5.41, 5.74) is 7.26. The van der Waals surface area contributed by atoms with Crippen LogP contribution in [0.25, 0.3) is 22.6 Å². The molecule has 0 saturated carbocycles. The summed E-state index contributed by atoms with van der Waals surface area (Å²) >= 11 is 0. The molecule has 4 rings (SSSR count). The number of hydrogen-bond donors (Lipinski definition) is 1. The lowest BCUT2D eigenvalue weighted by molar-refractivity contribution is 0.310. The fourth-order valence-electron chi connectivity index (χ4n) is 2.28. The van der Waals surface area contributed by atoms with E-state index >= 15 is 0 Å². The van der Waals surface area contributed by atoms with Crippen LogP contribution in [0.1, 0.15) is 5.69 Å². The maximum atomic E-state index is 14.0. The fourth-order valence-corrected chi connectivity index (χ4v) is 2.28. The van der Waals surface area contributed by atoms with Gasteiger partial charge in [0.15, 0.2) is 23.2 Å². The van der Waals surface area contributed by atoms with E-state index in [9.17, 15) is 4.39 Å². The van der Waals surface area contributed by atoms with Crippen LogP contribution in [0.15, 0.2) is 35.4 Å². The molecular formula is C13H9FN8O. The number of hydrogen-bond acceptors (Lipinski definition) is 8. The summed E-state index contributed by atoms with van der Waals surface area (Å²) in [7, 11) is 0. The summed E-state index contributed by atoms with van der Waals surface area (Å²) < 4.78 is 20.3. The third-order valence-corrected chi connectivity index (χ3v) is 3.29. The normalized spacial score (nSPS) is 11.2. The number of imidazole rings is 1. The SMILES string of the molecule is Nc1nonc1-c1nc2c(F)cncc2n1Cc1cccnn1. The lowest BCUT2D eigenvalue weighted by Crippen LogP contribution is -2.05. The largest absolute Gasteiger partial charge is 0.379 e. The van der Waals surface area contributed by atoms with Gasteiger partial charge in [0.25, 0.3) is 0 Å². The molecule has 0 spiro atoms. The van der Waals surface area contributed by atoms with Crippen LogP contribution in [0, 0.1) is 5.82 Å². The first-order valence-electron chi connectivity index (χ1n) is 6.59. The predicted octanol–water partition coefficient (Wildman–Crippen LogP) is 1.04. The topological polar surface area (TPSA) is 121 Å². The number of aromatic nitrogens is 7. The number of nitrogen functional groups attached to an aromatic ring is 1. The summed E-state index contributed by atoms with van der Waals surface area (Å²) in [5, 5.41) is 15.1. The van der Waals surface area contributed by atoms with Crippen LogP contribution in [0.2, 0.25) is 0 Å². The van der Waals surface area contributed by atoms with Gasteiger partial charge in [0.05, 0.1) is 30.1 Å². The zero-order chi connectivity index (χ0) is 15.8. The average molecular weight is 312 g/mol. The first-order chi connectivity index (χ1) is 11.2. The van der Waals surface area contributed by atoms with Gasteiger partial charge in [-0.1, -0.05) is 0 Å². The highest BCUT2D eigenvalue weighted by Crippen LogP contribution is 2.27. The van der Waals surface area contributed by atoms with Gasteiger partial charge in [-0.25, -0.2) is 14.0 Å². The van der Waals surface area contributed by atoms with Crippen LogP contribution in [-0.2, 0) is 6.54 Å². The summed E-state index contributed by atoms with van der Waals surface area (Å²) in [6, 6.07) is 3.55. The smallest absolute Gasteiger partial charge is 0.199 e. The molecule has 4 aromatic heterocycles. The molecule has 4 heterocycles. The van der Waals surface area contributed by atoms with Crippen LogP contribution in [0.5, 0.6) is 0 Å². The molecule has 0 saturated heterocycles. The minimum Gasteiger partial charge on any atom is -0.379 e. The van der Waals surface area contributed by atoms with Crippen molar-refractivity contribution in [2.24, 2.45) is 0 Å². The van der Waals surface area contributed by atoms with Gasteiger partial charge in [0, 0.05) is 6.20 Å². The molecule has 0 aliphatic carbocycles. The quantitative estimate of drug-likeness (QED) is 0.595. The van der Waals surface area contributed by atoms with Gasteiger partial charge < -0.3 is 10.3 Å². The summed E-state index contributed by atoms with van der Waals surface area (Å²) in [4.78, 5) is 8.14. The number of fused-ring (bicyclic) bond motifs is 1. The van der Waals surface area contributed by atoms with Crippen molar-refractivity contribution >= 4 is 16.9 Å². The maximum Gasteiger partial charge on any atom is 0.199 e. The van der Waals surface area contributed by atoms with Crippen molar-refractivity contribution in [1.82, 2.24) is 35.0 Å². The molecule has 0 amide bonds. The van der Waals surface area contributed by atoms with Gasteiger partial charge in [0.1, 0.15) is 5.52 Å². The zero-order valence-corrected chi connectivity index (χ0v) is 11.6. The van der Waals surface area contributed by atoms with Crippen molar-refractivity contribution in [2.45, 2.75) is 6.54 Å². The van der Waals surface area contributed by atoms with Gasteiger partial charge >= 0.3 is 0 Å². The second kappa shape index (κ2) is 5.09. The van der Waals surface area contributed by atoms with Crippen LogP contribution in [-0.4, -0.2) is 35.0 Å². The minimum absolute atomic E-state index is 0.0640. The Morgan fingerprint density at radius 3 is 2.91 bits per heavy atom. The fraction of sp³-hybridized carbons (Fsp3) is 0.0769. The van der Waals surface area contributed by atoms with Crippen molar-refractivity contribution in [2.75, 3.05) is 5.73 Å². The van der Waals surface area contributed by atoms with E-state index in [0.29, 0.717) is 17.0 Å². The van der Waals surface area contributed by atoms with E-state index in [1.165, 1.54) is 6.20 Å². The Balaban J connectivity index is 1.96. The highest BCUT2D eigenvalue weighted by Gasteiger charge is 2.21. The van der Waals surface area contributed by atoms with Gasteiger partial charge in [-0.2, -0.15) is 10.2 Å². The Morgan fingerprint density at radius 2 is 2.17 bits per heavy atom. The Kier molecular flexibility index (Phi) is 2.93. The van der Waals surface area contributed by atoms with Crippen molar-refractivity contribution in [3.63, 3.8) is 0 Å². The molecule has 9 nitrogen and oxygen atoms in total. The number of anilines is 1. The van der Waals surface area contributed by atoms with E-state index in [-0.39, 0.29) is 23.6 Å². The molecular weight excluding hydrogens is 303 g/mol. The van der Waals surface area contributed by atoms with E-state index in [1.54, 1.807) is 22.9 Å². The molecule has 0 aromatic carbocycles. The predicted molar refractivity (Wildman–Crippen MR) is 76.3 cm³/mol. The molecule has 0 bridgehead atoms. The highest BCUT2D eigenvalue weighted by molar-refractivity contribution is 5.81. The van der Waals surface area contributed by atoms with Gasteiger partial charge in [-0.3, -0.25) is 4.98 Å². The van der Waals surface area contributed by atoms with Crippen molar-refractivity contribution in [1.29, 1.82) is 0 Å². The molecule has 0 radical (unpaired) electrons. The maximum absolute atomic E-state index is 14.0. The first kappa shape index (κ1) is 13.2. The second-order valence-electron chi connectivity index (χ2n) is 4.72. The van der Waals surface area contributed by atoms with Crippen LogP contribution in [0.4, 0.5) is 10.2 Å². The molecule has 23 heavy (non-hydrogen) atoms. The highest BCUT2D eigenvalue weighted by atomic mass is 19.1. The Hall–Kier alpha value is -3.43. The van der Waals surface area contributed by atoms with Crippen LogP contribution in [0.3, 0.4) is 0 Å². The summed E-state index contributed by atoms with van der Waals surface area (Å²) in [5.74, 6) is -0.165. The van der Waals surface area contributed by atoms with Crippen LogP contribution >= 0.6 is 0 Å². The van der Waals surface area contributed by atoms with Crippen molar-refractivity contribution < 1.29 is 9.02 Å². The van der Waals surface area contributed by atoms with Gasteiger partial charge in [-0.05, 0) is 22.4 Å². The average Bonchev–Trinajstić information content (AvgIpc) is 3.13. The standard InChI is InChI=1S/C13H9FN8O/c14-8-4-16-5-9-10(8)18-13(11-12(15)21-23-20-11)22(9)6-7-2-1-3-17-19-7/h1-5H,6H2,(H2,15,21). The monoisotopic (exact) mass is 312 g/mol.